The van der Waals surface area contributed by atoms with Crippen LogP contribution in [0.2, 0.25) is 5.02 Å². The van der Waals surface area contributed by atoms with Crippen LogP contribution in [0.3, 0.4) is 0 Å². The van der Waals surface area contributed by atoms with E-state index in [9.17, 15) is 9.90 Å². The highest BCUT2D eigenvalue weighted by Gasteiger charge is 2.17. The molecular formula is C17H12BrClINO4. The molecule has 1 saturated heterocycles. The Bertz CT molecular complexity index is 841. The molecule has 0 atom stereocenters. The first kappa shape index (κ1) is 18.6. The van der Waals surface area contributed by atoms with Gasteiger partial charge in [0, 0.05) is 10.9 Å². The van der Waals surface area contributed by atoms with Crippen molar-refractivity contribution in [3.63, 3.8) is 0 Å². The molecule has 1 aliphatic heterocycles. The number of benzene rings is 2. The Hall–Kier alpha value is -1.16. The van der Waals surface area contributed by atoms with Crippen molar-refractivity contribution in [3.05, 3.63) is 49.0 Å². The predicted molar refractivity (Wildman–Crippen MR) is 107 cm³/mol. The van der Waals surface area contributed by atoms with Crippen molar-refractivity contribution in [1.29, 1.82) is 0 Å². The topological polar surface area (TPSA) is 68.1 Å². The molecular weight excluding hydrogens is 524 g/mol. The van der Waals surface area contributed by atoms with E-state index in [1.165, 1.54) is 12.1 Å². The predicted octanol–water partition coefficient (Wildman–Crippen LogP) is 5.21. The summed E-state index contributed by atoms with van der Waals surface area (Å²) in [6.07, 6.45) is 0.620. The number of aliphatic imine (C=N–C) groups is 1. The Morgan fingerprint density at radius 3 is 2.84 bits per heavy atom. The van der Waals surface area contributed by atoms with Crippen LogP contribution in [-0.4, -0.2) is 29.9 Å². The largest absolute Gasteiger partial charge is 0.507 e. The lowest BCUT2D eigenvalue weighted by Crippen LogP contribution is -2.04. The molecule has 5 nitrogen and oxygen atoms in total. The summed E-state index contributed by atoms with van der Waals surface area (Å²) in [5.74, 6) is 0.175. The third-order valence-corrected chi connectivity index (χ3v) is 4.98. The number of hydrogen-bond donors (Lipinski definition) is 1. The summed E-state index contributed by atoms with van der Waals surface area (Å²) in [6.45, 7) is 0.900. The number of nitrogens with zero attached hydrogens (tertiary/aromatic N) is 1. The van der Waals surface area contributed by atoms with Gasteiger partial charge >= 0.3 is 0 Å². The maximum Gasteiger partial charge on any atom is 0.280 e. The van der Waals surface area contributed by atoms with E-state index in [4.69, 9.17) is 21.1 Å². The third-order valence-electron chi connectivity index (χ3n) is 3.44. The van der Waals surface area contributed by atoms with Crippen LogP contribution >= 0.6 is 50.1 Å². The van der Waals surface area contributed by atoms with Crippen LogP contribution in [0.5, 0.6) is 17.2 Å². The van der Waals surface area contributed by atoms with Crippen molar-refractivity contribution in [3.8, 4) is 17.2 Å². The smallest absolute Gasteiger partial charge is 0.280 e. The number of phenols is 1. The minimum atomic E-state index is -0.528. The molecule has 1 fully saturated rings. The van der Waals surface area contributed by atoms with Crippen molar-refractivity contribution < 1.29 is 19.4 Å². The van der Waals surface area contributed by atoms with Crippen molar-refractivity contribution in [2.24, 2.45) is 4.99 Å². The molecule has 130 valence electrons. The van der Waals surface area contributed by atoms with E-state index in [2.05, 4.69) is 43.5 Å². The van der Waals surface area contributed by atoms with Crippen LogP contribution in [0.4, 0.5) is 0 Å². The molecule has 1 N–H and O–H groups in total. The monoisotopic (exact) mass is 535 g/mol. The Morgan fingerprint density at radius 1 is 1.36 bits per heavy atom. The highest BCUT2D eigenvalue weighted by Crippen LogP contribution is 2.37. The number of halogens is 3. The van der Waals surface area contributed by atoms with Gasteiger partial charge in [-0.2, -0.15) is 0 Å². The Balaban J connectivity index is 1.89. The molecule has 0 saturated carbocycles. The van der Waals surface area contributed by atoms with E-state index in [1.807, 2.05) is 6.07 Å². The fourth-order valence-electron chi connectivity index (χ4n) is 2.24. The molecule has 0 aliphatic carbocycles. The first-order valence-electron chi connectivity index (χ1n) is 7.28. The first-order chi connectivity index (χ1) is 11.9. The molecule has 0 unspecified atom stereocenters. The summed E-state index contributed by atoms with van der Waals surface area (Å²) in [5.41, 5.74) is 0.737. The average molecular weight is 537 g/mol. The number of aromatic hydroxyl groups is 1. The van der Waals surface area contributed by atoms with E-state index >= 15 is 0 Å². The van der Waals surface area contributed by atoms with Gasteiger partial charge in [-0.25, -0.2) is 4.99 Å². The SMILES string of the molecule is O=C(N=C1CCOC1)c1cc(Oc2c(Cl)cc(Br)cc2I)ccc1O. The van der Waals surface area contributed by atoms with Gasteiger partial charge in [-0.15, -0.1) is 0 Å². The van der Waals surface area contributed by atoms with Gasteiger partial charge in [-0.1, -0.05) is 27.5 Å². The molecule has 2 aromatic rings. The van der Waals surface area contributed by atoms with Gasteiger partial charge in [-0.3, -0.25) is 4.79 Å². The minimum absolute atomic E-state index is 0.0696. The van der Waals surface area contributed by atoms with Crippen LogP contribution in [0, 0.1) is 3.57 Å². The van der Waals surface area contributed by atoms with Crippen LogP contribution in [-0.2, 0) is 4.74 Å². The molecule has 0 radical (unpaired) electrons. The Morgan fingerprint density at radius 2 is 2.16 bits per heavy atom. The van der Waals surface area contributed by atoms with Gasteiger partial charge in [0.05, 0.1) is 33.1 Å². The van der Waals surface area contributed by atoms with Crippen molar-refractivity contribution in [2.75, 3.05) is 13.2 Å². The fourth-order valence-corrected chi connectivity index (χ4v) is 4.41. The summed E-state index contributed by atoms with van der Waals surface area (Å²) < 4.78 is 12.6. The Kier molecular flexibility index (Phi) is 5.98. The van der Waals surface area contributed by atoms with Crippen LogP contribution in [0.15, 0.2) is 39.8 Å². The number of rotatable bonds is 3. The zero-order chi connectivity index (χ0) is 18.0. The maximum absolute atomic E-state index is 12.3. The van der Waals surface area contributed by atoms with Gasteiger partial charge in [0.15, 0.2) is 5.75 Å². The third kappa shape index (κ3) is 4.52. The van der Waals surface area contributed by atoms with Gasteiger partial charge in [0.25, 0.3) is 5.91 Å². The highest BCUT2D eigenvalue weighted by atomic mass is 127. The van der Waals surface area contributed by atoms with Crippen LogP contribution in [0.25, 0.3) is 0 Å². The Labute approximate surface area is 171 Å². The van der Waals surface area contributed by atoms with Crippen LogP contribution in [0.1, 0.15) is 16.8 Å². The molecule has 0 spiro atoms. The summed E-state index contributed by atoms with van der Waals surface area (Å²) >= 11 is 11.7. The average Bonchev–Trinajstić information content (AvgIpc) is 3.05. The highest BCUT2D eigenvalue weighted by molar-refractivity contribution is 14.1. The summed E-state index contributed by atoms with van der Waals surface area (Å²) in [4.78, 5) is 16.3. The van der Waals surface area contributed by atoms with Crippen LogP contribution < -0.4 is 4.74 Å². The molecule has 1 aliphatic rings. The molecule has 3 rings (SSSR count). The zero-order valence-electron chi connectivity index (χ0n) is 12.8. The van der Waals surface area contributed by atoms with Gasteiger partial charge in [0.1, 0.15) is 11.5 Å². The van der Waals surface area contributed by atoms with Crippen molar-refractivity contribution in [1.82, 2.24) is 0 Å². The molecule has 0 bridgehead atoms. The molecule has 1 heterocycles. The van der Waals surface area contributed by atoms with Gasteiger partial charge < -0.3 is 14.6 Å². The number of hydrogen-bond acceptors (Lipinski definition) is 4. The fraction of sp³-hybridized carbons (Fsp3) is 0.176. The molecule has 1 amide bonds. The lowest BCUT2D eigenvalue weighted by molar-refractivity contribution is 0.0999. The van der Waals surface area contributed by atoms with Gasteiger partial charge in [-0.05, 0) is 52.9 Å². The second kappa shape index (κ2) is 8.03. The summed E-state index contributed by atoms with van der Waals surface area (Å²) in [7, 11) is 0. The lowest BCUT2D eigenvalue weighted by atomic mass is 10.1. The first-order valence-corrected chi connectivity index (χ1v) is 9.53. The summed E-state index contributed by atoms with van der Waals surface area (Å²) in [5, 5.41) is 10.4. The van der Waals surface area contributed by atoms with E-state index in [1.54, 1.807) is 12.1 Å². The number of carbonyl (C=O) groups excluding carboxylic acids is 1. The molecule has 2 aromatic carbocycles. The normalized spacial score (nSPS) is 15.6. The minimum Gasteiger partial charge on any atom is -0.507 e. The summed E-state index contributed by atoms with van der Waals surface area (Å²) in [6, 6.07) is 7.99. The molecule has 0 aromatic heterocycles. The second-order valence-corrected chi connectivity index (χ2v) is 7.75. The maximum atomic E-state index is 12.3. The van der Waals surface area contributed by atoms with E-state index in [-0.39, 0.29) is 11.3 Å². The van der Waals surface area contributed by atoms with Crippen molar-refractivity contribution in [2.45, 2.75) is 6.42 Å². The standard InChI is InChI=1S/C17H12BrClINO4/c18-9-5-13(19)16(14(20)6-9)25-11-1-2-15(22)12(7-11)17(23)21-10-3-4-24-8-10/h1-2,5-7,22H,3-4,8H2. The zero-order valence-corrected chi connectivity index (χ0v) is 17.3. The van der Waals surface area contributed by atoms with E-state index in [0.29, 0.717) is 41.9 Å². The number of amides is 1. The van der Waals surface area contributed by atoms with E-state index < -0.39 is 5.91 Å². The van der Waals surface area contributed by atoms with Gasteiger partial charge in [0.2, 0.25) is 0 Å². The van der Waals surface area contributed by atoms with Crippen molar-refractivity contribution >= 4 is 61.7 Å². The quantitative estimate of drug-likeness (QED) is 0.548. The molecule has 8 heteroatoms. The number of carbonyl (C=O) groups is 1. The molecule has 25 heavy (non-hydrogen) atoms. The van der Waals surface area contributed by atoms with E-state index in [0.717, 1.165) is 8.04 Å². The number of phenolic OH excluding ortho intramolecular Hbond substituents is 1. The second-order valence-electron chi connectivity index (χ2n) is 5.27. The lowest BCUT2D eigenvalue weighted by Gasteiger charge is -2.11. The number of ether oxygens (including phenoxy) is 2.